The first-order chi connectivity index (χ1) is 9.16. The Morgan fingerprint density at radius 1 is 1.37 bits per heavy atom. The molecule has 4 nitrogen and oxygen atoms in total. The lowest BCUT2D eigenvalue weighted by molar-refractivity contribution is -0.0214. The number of fused-ring (bicyclic) bond motifs is 1. The lowest BCUT2D eigenvalue weighted by Gasteiger charge is -2.28. The second-order valence-electron chi connectivity index (χ2n) is 5.48. The maximum atomic E-state index is 10.1. The minimum absolute atomic E-state index is 0.380. The molecule has 0 aliphatic carbocycles. The molecule has 0 atom stereocenters. The molecule has 2 aromatic rings. The Morgan fingerprint density at radius 3 is 2.79 bits per heavy atom. The van der Waals surface area contributed by atoms with E-state index < -0.39 is 0 Å². The van der Waals surface area contributed by atoms with Crippen molar-refractivity contribution < 1.29 is 9.84 Å². The fourth-order valence-electron chi connectivity index (χ4n) is 2.59. The highest BCUT2D eigenvalue weighted by atomic mass is 16.5. The summed E-state index contributed by atoms with van der Waals surface area (Å²) in [6.45, 7) is 2.52. The zero-order chi connectivity index (χ0) is 13.4. The molecule has 0 spiro atoms. The predicted molar refractivity (Wildman–Crippen MR) is 75.7 cm³/mol. The third-order valence-electron chi connectivity index (χ3n) is 3.76. The van der Waals surface area contributed by atoms with Crippen LogP contribution in [0.3, 0.4) is 0 Å². The quantitative estimate of drug-likeness (QED) is 0.914. The van der Waals surface area contributed by atoms with Crippen LogP contribution in [0.25, 0.3) is 10.9 Å². The summed E-state index contributed by atoms with van der Waals surface area (Å²) in [7, 11) is 4.14. The lowest BCUT2D eigenvalue weighted by Crippen LogP contribution is -2.30. The second-order valence-corrected chi connectivity index (χ2v) is 5.48. The maximum absolute atomic E-state index is 10.1. The molecule has 0 unspecified atom stereocenters. The van der Waals surface area contributed by atoms with Gasteiger partial charge >= 0.3 is 0 Å². The van der Waals surface area contributed by atoms with Crippen LogP contribution in [0.15, 0.2) is 24.4 Å². The first kappa shape index (κ1) is 12.5. The van der Waals surface area contributed by atoms with Crippen LogP contribution in [0.4, 0.5) is 0 Å². The van der Waals surface area contributed by atoms with E-state index in [4.69, 9.17) is 4.74 Å². The monoisotopic (exact) mass is 260 g/mol. The van der Waals surface area contributed by atoms with Crippen LogP contribution in [-0.4, -0.2) is 48.4 Å². The number of hydrogen-bond acceptors (Lipinski definition) is 3. The Bertz CT molecular complexity index is 585. The molecule has 102 valence electrons. The molecule has 1 aliphatic heterocycles. The maximum Gasteiger partial charge on any atom is 0.125 e. The molecule has 4 heteroatoms. The van der Waals surface area contributed by atoms with Crippen LogP contribution in [0.1, 0.15) is 11.6 Å². The van der Waals surface area contributed by atoms with Crippen molar-refractivity contribution in [1.82, 2.24) is 9.47 Å². The van der Waals surface area contributed by atoms with Gasteiger partial charge < -0.3 is 19.3 Å². The molecular formula is C15H20N2O2. The largest absolute Gasteiger partial charge is 0.507 e. The van der Waals surface area contributed by atoms with Gasteiger partial charge in [-0.1, -0.05) is 6.07 Å². The topological polar surface area (TPSA) is 37.6 Å². The molecule has 1 aliphatic rings. The van der Waals surface area contributed by atoms with Gasteiger partial charge in [-0.25, -0.2) is 0 Å². The SMILES string of the molecule is CN(C)CCc1cn(C2COC2)c2cccc(O)c12. The molecule has 1 N–H and O–H groups in total. The zero-order valence-electron chi connectivity index (χ0n) is 11.5. The molecule has 2 heterocycles. The highest BCUT2D eigenvalue weighted by Gasteiger charge is 2.23. The summed E-state index contributed by atoms with van der Waals surface area (Å²) in [6.07, 6.45) is 3.13. The van der Waals surface area contributed by atoms with Gasteiger partial charge in [0, 0.05) is 18.1 Å². The summed E-state index contributed by atoms with van der Waals surface area (Å²) in [4.78, 5) is 2.16. The van der Waals surface area contributed by atoms with Crippen molar-refractivity contribution in [3.63, 3.8) is 0 Å². The lowest BCUT2D eigenvalue weighted by atomic mass is 10.1. The van der Waals surface area contributed by atoms with Crippen LogP contribution in [0.2, 0.25) is 0 Å². The molecule has 1 fully saturated rings. The van der Waals surface area contributed by atoms with E-state index in [0.29, 0.717) is 11.8 Å². The van der Waals surface area contributed by atoms with Gasteiger partial charge in [0.05, 0.1) is 24.8 Å². The summed E-state index contributed by atoms with van der Waals surface area (Å²) in [6, 6.07) is 6.16. The minimum Gasteiger partial charge on any atom is -0.507 e. The number of aromatic nitrogens is 1. The number of benzene rings is 1. The minimum atomic E-state index is 0.380. The van der Waals surface area contributed by atoms with E-state index in [-0.39, 0.29) is 0 Å². The summed E-state index contributed by atoms with van der Waals surface area (Å²) < 4.78 is 7.54. The van der Waals surface area contributed by atoms with Gasteiger partial charge in [0.2, 0.25) is 0 Å². The molecule has 0 amide bonds. The number of rotatable bonds is 4. The third-order valence-corrected chi connectivity index (χ3v) is 3.76. The van der Waals surface area contributed by atoms with E-state index in [0.717, 1.165) is 37.1 Å². The second kappa shape index (κ2) is 4.87. The Morgan fingerprint density at radius 2 is 2.16 bits per heavy atom. The van der Waals surface area contributed by atoms with Gasteiger partial charge in [0.25, 0.3) is 0 Å². The molecule has 1 aromatic carbocycles. The number of hydrogen-bond donors (Lipinski definition) is 1. The van der Waals surface area contributed by atoms with Gasteiger partial charge in [-0.15, -0.1) is 0 Å². The molecule has 0 radical (unpaired) electrons. The van der Waals surface area contributed by atoms with Crippen molar-refractivity contribution in [3.05, 3.63) is 30.0 Å². The van der Waals surface area contributed by atoms with Gasteiger partial charge in [-0.3, -0.25) is 0 Å². The number of likely N-dealkylation sites (N-methyl/N-ethyl adjacent to an activating group) is 1. The standard InChI is InChI=1S/C15H20N2O2/c1-16(2)7-6-11-8-17(12-9-19-10-12)13-4-3-5-14(18)15(11)13/h3-5,8,12,18H,6-7,9-10H2,1-2H3. The fraction of sp³-hybridized carbons (Fsp3) is 0.467. The average molecular weight is 260 g/mol. The van der Waals surface area contributed by atoms with E-state index in [1.807, 2.05) is 6.07 Å². The van der Waals surface area contributed by atoms with Crippen LogP contribution in [-0.2, 0) is 11.2 Å². The zero-order valence-corrected chi connectivity index (χ0v) is 11.5. The van der Waals surface area contributed by atoms with Gasteiger partial charge in [-0.2, -0.15) is 0 Å². The first-order valence-corrected chi connectivity index (χ1v) is 6.70. The van der Waals surface area contributed by atoms with Crippen LogP contribution >= 0.6 is 0 Å². The Hall–Kier alpha value is -1.52. The van der Waals surface area contributed by atoms with E-state index in [2.05, 4.69) is 35.8 Å². The smallest absolute Gasteiger partial charge is 0.125 e. The molecule has 1 saturated heterocycles. The number of ether oxygens (including phenoxy) is 1. The van der Waals surface area contributed by atoms with Crippen molar-refractivity contribution in [2.75, 3.05) is 33.9 Å². The van der Waals surface area contributed by atoms with Crippen molar-refractivity contribution in [2.24, 2.45) is 0 Å². The Balaban J connectivity index is 2.04. The molecule has 0 saturated carbocycles. The Kier molecular flexibility index (Phi) is 3.21. The summed E-state index contributed by atoms with van der Waals surface area (Å²) in [5.41, 5.74) is 2.33. The van der Waals surface area contributed by atoms with Crippen molar-refractivity contribution in [2.45, 2.75) is 12.5 Å². The van der Waals surface area contributed by atoms with Crippen LogP contribution in [0, 0.1) is 0 Å². The third kappa shape index (κ3) is 2.22. The molecule has 1 aromatic heterocycles. The Labute approximate surface area is 113 Å². The van der Waals surface area contributed by atoms with Gasteiger partial charge in [-0.05, 0) is 38.2 Å². The van der Waals surface area contributed by atoms with Crippen molar-refractivity contribution >= 4 is 10.9 Å². The molecule has 0 bridgehead atoms. The molecular weight excluding hydrogens is 240 g/mol. The van der Waals surface area contributed by atoms with Crippen molar-refractivity contribution in [1.29, 1.82) is 0 Å². The number of phenolic OH excluding ortho intramolecular Hbond substituents is 1. The van der Waals surface area contributed by atoms with Gasteiger partial charge in [0.1, 0.15) is 5.75 Å². The van der Waals surface area contributed by atoms with Crippen LogP contribution < -0.4 is 0 Å². The van der Waals surface area contributed by atoms with Crippen molar-refractivity contribution in [3.8, 4) is 5.75 Å². The summed E-state index contributed by atoms with van der Waals surface area (Å²) in [5.74, 6) is 0.380. The first-order valence-electron chi connectivity index (χ1n) is 6.70. The highest BCUT2D eigenvalue weighted by Crippen LogP contribution is 2.33. The summed E-state index contributed by atoms with van der Waals surface area (Å²) in [5, 5.41) is 11.1. The number of aromatic hydroxyl groups is 1. The predicted octanol–water partition coefficient (Wildman–Crippen LogP) is 2.02. The fourth-order valence-corrected chi connectivity index (χ4v) is 2.59. The van der Waals surface area contributed by atoms with Crippen LogP contribution in [0.5, 0.6) is 5.75 Å². The van der Waals surface area contributed by atoms with E-state index in [1.165, 1.54) is 5.56 Å². The normalized spacial score (nSPS) is 16.2. The number of phenols is 1. The van der Waals surface area contributed by atoms with Gasteiger partial charge in [0.15, 0.2) is 0 Å². The highest BCUT2D eigenvalue weighted by molar-refractivity contribution is 5.89. The average Bonchev–Trinajstić information content (AvgIpc) is 2.65. The molecule has 19 heavy (non-hydrogen) atoms. The summed E-state index contributed by atoms with van der Waals surface area (Å²) >= 11 is 0. The van der Waals surface area contributed by atoms with E-state index >= 15 is 0 Å². The molecule has 3 rings (SSSR count). The van der Waals surface area contributed by atoms with E-state index in [9.17, 15) is 5.11 Å². The number of nitrogens with zero attached hydrogens (tertiary/aromatic N) is 2. The van der Waals surface area contributed by atoms with E-state index in [1.54, 1.807) is 6.07 Å².